The molecule has 1 aromatic rings. The predicted molar refractivity (Wildman–Crippen MR) is 64.6 cm³/mol. The predicted octanol–water partition coefficient (Wildman–Crippen LogP) is 3.09. The first-order valence-corrected chi connectivity index (χ1v) is 5.45. The Bertz CT molecular complexity index is 316. The van der Waals surface area contributed by atoms with Gasteiger partial charge in [0.15, 0.2) is 0 Å². The Morgan fingerprint density at radius 1 is 1.25 bits per heavy atom. The molecular formula is C13H20FNO. The maximum Gasteiger partial charge on any atom is 0.138 e. The van der Waals surface area contributed by atoms with Crippen LogP contribution in [0.2, 0.25) is 0 Å². The number of benzene rings is 1. The molecule has 0 spiro atoms. The molecule has 2 nitrogen and oxygen atoms in total. The van der Waals surface area contributed by atoms with Gasteiger partial charge >= 0.3 is 0 Å². The van der Waals surface area contributed by atoms with E-state index in [9.17, 15) is 4.39 Å². The van der Waals surface area contributed by atoms with Gasteiger partial charge in [0.25, 0.3) is 0 Å². The average Bonchev–Trinajstić information content (AvgIpc) is 2.25. The third-order valence-electron chi connectivity index (χ3n) is 2.29. The Morgan fingerprint density at radius 2 is 1.81 bits per heavy atom. The second-order valence-corrected chi connectivity index (χ2v) is 4.87. The lowest BCUT2D eigenvalue weighted by molar-refractivity contribution is 0.291. The summed E-state index contributed by atoms with van der Waals surface area (Å²) in [5, 5.41) is 3.14. The van der Waals surface area contributed by atoms with Crippen molar-refractivity contribution in [3.05, 3.63) is 29.8 Å². The van der Waals surface area contributed by atoms with E-state index in [4.69, 9.17) is 4.74 Å². The average molecular weight is 225 g/mol. The van der Waals surface area contributed by atoms with Crippen LogP contribution in [0, 0.1) is 0 Å². The number of hydrogen-bond acceptors (Lipinski definition) is 2. The van der Waals surface area contributed by atoms with Crippen molar-refractivity contribution in [1.29, 1.82) is 0 Å². The third kappa shape index (κ3) is 4.19. The summed E-state index contributed by atoms with van der Waals surface area (Å²) in [5.74, 6) is 0.750. The van der Waals surface area contributed by atoms with Gasteiger partial charge in [-0.25, -0.2) is 4.39 Å². The summed E-state index contributed by atoms with van der Waals surface area (Å²) in [4.78, 5) is 0. The maximum atomic E-state index is 13.8. The molecule has 0 bridgehead atoms. The van der Waals surface area contributed by atoms with Crippen LogP contribution in [0.15, 0.2) is 24.3 Å². The fraction of sp³-hybridized carbons (Fsp3) is 0.538. The van der Waals surface area contributed by atoms with Gasteiger partial charge in [0.1, 0.15) is 11.9 Å². The minimum atomic E-state index is -0.981. The van der Waals surface area contributed by atoms with Gasteiger partial charge < -0.3 is 10.1 Å². The molecule has 0 aliphatic carbocycles. The molecule has 1 N–H and O–H groups in total. The van der Waals surface area contributed by atoms with Gasteiger partial charge in [0.05, 0.1) is 7.11 Å². The van der Waals surface area contributed by atoms with Crippen molar-refractivity contribution >= 4 is 0 Å². The molecule has 1 unspecified atom stereocenters. The zero-order valence-corrected chi connectivity index (χ0v) is 10.4. The zero-order chi connectivity index (χ0) is 12.2. The smallest absolute Gasteiger partial charge is 0.138 e. The Morgan fingerprint density at radius 3 is 2.25 bits per heavy atom. The second kappa shape index (κ2) is 5.30. The summed E-state index contributed by atoms with van der Waals surface area (Å²) < 4.78 is 18.8. The number of nitrogens with one attached hydrogen (secondary N) is 1. The topological polar surface area (TPSA) is 21.3 Å². The molecule has 1 rings (SSSR count). The molecular weight excluding hydrogens is 205 g/mol. The van der Waals surface area contributed by atoms with Crippen molar-refractivity contribution in [2.24, 2.45) is 0 Å². The van der Waals surface area contributed by atoms with Crippen LogP contribution in [0.5, 0.6) is 5.75 Å². The molecule has 0 radical (unpaired) electrons. The van der Waals surface area contributed by atoms with Crippen molar-refractivity contribution in [2.45, 2.75) is 32.5 Å². The lowest BCUT2D eigenvalue weighted by Crippen LogP contribution is -2.37. The molecule has 90 valence electrons. The van der Waals surface area contributed by atoms with Gasteiger partial charge in [0.2, 0.25) is 0 Å². The summed E-state index contributed by atoms with van der Waals surface area (Å²) in [6.07, 6.45) is -0.981. The largest absolute Gasteiger partial charge is 0.497 e. The van der Waals surface area contributed by atoms with Crippen LogP contribution in [0.25, 0.3) is 0 Å². The van der Waals surface area contributed by atoms with E-state index in [0.717, 1.165) is 5.75 Å². The first-order chi connectivity index (χ1) is 7.42. The highest BCUT2D eigenvalue weighted by Gasteiger charge is 2.14. The molecule has 0 amide bonds. The van der Waals surface area contributed by atoms with E-state index in [1.807, 2.05) is 20.8 Å². The van der Waals surface area contributed by atoms with Crippen LogP contribution >= 0.6 is 0 Å². The van der Waals surface area contributed by atoms with Crippen LogP contribution < -0.4 is 10.1 Å². The fourth-order valence-electron chi connectivity index (χ4n) is 1.33. The van der Waals surface area contributed by atoms with E-state index in [1.165, 1.54) is 0 Å². The molecule has 3 heteroatoms. The highest BCUT2D eigenvalue weighted by molar-refractivity contribution is 5.28. The van der Waals surface area contributed by atoms with Crippen molar-refractivity contribution in [3.8, 4) is 5.75 Å². The minimum absolute atomic E-state index is 0.0587. The minimum Gasteiger partial charge on any atom is -0.497 e. The molecule has 0 aliphatic heterocycles. The van der Waals surface area contributed by atoms with Gasteiger partial charge in [-0.05, 0) is 38.5 Å². The number of rotatable bonds is 4. The van der Waals surface area contributed by atoms with Crippen LogP contribution in [-0.4, -0.2) is 19.2 Å². The molecule has 0 aliphatic rings. The molecule has 0 aromatic heterocycles. The van der Waals surface area contributed by atoms with Crippen molar-refractivity contribution in [2.75, 3.05) is 13.7 Å². The summed E-state index contributed by atoms with van der Waals surface area (Å²) in [6, 6.07) is 7.07. The maximum absolute atomic E-state index is 13.8. The highest BCUT2D eigenvalue weighted by atomic mass is 19.1. The lowest BCUT2D eigenvalue weighted by atomic mass is 10.1. The summed E-state index contributed by atoms with van der Waals surface area (Å²) in [6.45, 7) is 6.39. The number of halogens is 1. The van der Waals surface area contributed by atoms with Crippen molar-refractivity contribution in [1.82, 2.24) is 5.32 Å². The Hall–Kier alpha value is -1.09. The molecule has 0 saturated carbocycles. The highest BCUT2D eigenvalue weighted by Crippen LogP contribution is 2.20. The van der Waals surface area contributed by atoms with Crippen molar-refractivity contribution < 1.29 is 9.13 Å². The summed E-state index contributed by atoms with van der Waals surface area (Å²) in [7, 11) is 1.60. The van der Waals surface area contributed by atoms with E-state index < -0.39 is 6.17 Å². The zero-order valence-electron chi connectivity index (χ0n) is 10.4. The van der Waals surface area contributed by atoms with Gasteiger partial charge in [0, 0.05) is 12.1 Å². The molecule has 16 heavy (non-hydrogen) atoms. The molecule has 1 aromatic carbocycles. The van der Waals surface area contributed by atoms with E-state index in [2.05, 4.69) is 5.32 Å². The molecule has 1 atom stereocenters. The Kier molecular flexibility index (Phi) is 4.30. The van der Waals surface area contributed by atoms with Gasteiger partial charge in [-0.2, -0.15) is 0 Å². The fourth-order valence-corrected chi connectivity index (χ4v) is 1.33. The lowest BCUT2D eigenvalue weighted by Gasteiger charge is -2.22. The number of hydrogen-bond donors (Lipinski definition) is 1. The van der Waals surface area contributed by atoms with Crippen LogP contribution in [-0.2, 0) is 0 Å². The molecule has 0 fully saturated rings. The van der Waals surface area contributed by atoms with Crippen LogP contribution in [0.4, 0.5) is 4.39 Å². The third-order valence-corrected chi connectivity index (χ3v) is 2.29. The Labute approximate surface area is 96.8 Å². The normalized spacial score (nSPS) is 13.6. The quantitative estimate of drug-likeness (QED) is 0.850. The number of methoxy groups -OCH3 is 1. The Balaban J connectivity index is 2.56. The van der Waals surface area contributed by atoms with E-state index >= 15 is 0 Å². The van der Waals surface area contributed by atoms with Gasteiger partial charge in [-0.15, -0.1) is 0 Å². The summed E-state index contributed by atoms with van der Waals surface area (Å²) in [5.41, 5.74) is 0.620. The number of alkyl halides is 1. The number of ether oxygens (including phenoxy) is 1. The van der Waals surface area contributed by atoms with Crippen LogP contribution in [0.3, 0.4) is 0 Å². The molecule has 0 saturated heterocycles. The van der Waals surface area contributed by atoms with Crippen molar-refractivity contribution in [3.63, 3.8) is 0 Å². The van der Waals surface area contributed by atoms with Crippen LogP contribution in [0.1, 0.15) is 32.5 Å². The van der Waals surface area contributed by atoms with Gasteiger partial charge in [-0.1, -0.05) is 12.1 Å². The first-order valence-electron chi connectivity index (χ1n) is 5.45. The first kappa shape index (κ1) is 13.0. The monoisotopic (exact) mass is 225 g/mol. The van der Waals surface area contributed by atoms with E-state index in [0.29, 0.717) is 12.1 Å². The SMILES string of the molecule is COc1ccc(C(F)CNC(C)(C)C)cc1. The molecule has 0 heterocycles. The second-order valence-electron chi connectivity index (χ2n) is 4.87. The van der Waals surface area contributed by atoms with E-state index in [1.54, 1.807) is 31.4 Å². The summed E-state index contributed by atoms with van der Waals surface area (Å²) >= 11 is 0. The van der Waals surface area contributed by atoms with Gasteiger partial charge in [-0.3, -0.25) is 0 Å². The standard InChI is InChI=1S/C13H20FNO/c1-13(2,3)15-9-12(14)10-5-7-11(16-4)8-6-10/h5-8,12,15H,9H2,1-4H3. The van der Waals surface area contributed by atoms with E-state index in [-0.39, 0.29) is 5.54 Å².